The fourth-order valence-corrected chi connectivity index (χ4v) is 2.14. The molecular formula is C14H17N. The first-order chi connectivity index (χ1) is 7.14. The third kappa shape index (κ3) is 1.58. The van der Waals surface area contributed by atoms with E-state index in [2.05, 4.69) is 50.3 Å². The predicted octanol–water partition coefficient (Wildman–Crippen LogP) is 2.99. The number of allylic oxidation sites excluding steroid dienone is 4. The van der Waals surface area contributed by atoms with Crippen molar-refractivity contribution in [3.05, 3.63) is 59.8 Å². The van der Waals surface area contributed by atoms with Crippen LogP contribution in [0.15, 0.2) is 54.3 Å². The Balaban J connectivity index is 2.44. The van der Waals surface area contributed by atoms with Gasteiger partial charge < -0.3 is 5.73 Å². The van der Waals surface area contributed by atoms with E-state index in [9.17, 15) is 0 Å². The quantitative estimate of drug-likeness (QED) is 0.739. The average molecular weight is 199 g/mol. The van der Waals surface area contributed by atoms with Crippen LogP contribution in [0.2, 0.25) is 0 Å². The summed E-state index contributed by atoms with van der Waals surface area (Å²) in [6, 6.07) is 10.5. The van der Waals surface area contributed by atoms with E-state index in [4.69, 9.17) is 5.73 Å². The summed E-state index contributed by atoms with van der Waals surface area (Å²) in [6.07, 6.45) is 6.29. The van der Waals surface area contributed by atoms with E-state index in [0.717, 1.165) is 5.70 Å². The minimum absolute atomic E-state index is 0.0279. The van der Waals surface area contributed by atoms with Gasteiger partial charge in [-0.15, -0.1) is 0 Å². The Labute approximate surface area is 91.3 Å². The van der Waals surface area contributed by atoms with Gasteiger partial charge in [-0.1, -0.05) is 56.3 Å². The fraction of sp³-hybridized carbons (Fsp3) is 0.286. The summed E-state index contributed by atoms with van der Waals surface area (Å²) in [5, 5.41) is 0. The van der Waals surface area contributed by atoms with Crippen LogP contribution in [0.3, 0.4) is 0 Å². The topological polar surface area (TPSA) is 26.0 Å². The zero-order valence-corrected chi connectivity index (χ0v) is 9.27. The molecule has 0 aliphatic heterocycles. The smallest absolute Gasteiger partial charge is 0.0187 e. The molecule has 0 radical (unpaired) electrons. The monoisotopic (exact) mass is 199 g/mol. The summed E-state index contributed by atoms with van der Waals surface area (Å²) in [7, 11) is 0. The van der Waals surface area contributed by atoms with Crippen molar-refractivity contribution in [2.24, 2.45) is 11.7 Å². The zero-order valence-electron chi connectivity index (χ0n) is 9.27. The van der Waals surface area contributed by atoms with Gasteiger partial charge in [-0.05, 0) is 11.6 Å². The molecule has 0 saturated heterocycles. The van der Waals surface area contributed by atoms with E-state index >= 15 is 0 Å². The Morgan fingerprint density at radius 1 is 1.20 bits per heavy atom. The van der Waals surface area contributed by atoms with Crippen molar-refractivity contribution in [3.8, 4) is 0 Å². The molecule has 78 valence electrons. The maximum atomic E-state index is 6.00. The van der Waals surface area contributed by atoms with Crippen LogP contribution in [0, 0.1) is 5.92 Å². The first-order valence-electron chi connectivity index (χ1n) is 5.35. The van der Waals surface area contributed by atoms with Gasteiger partial charge in [-0.3, -0.25) is 0 Å². The van der Waals surface area contributed by atoms with Crippen molar-refractivity contribution < 1.29 is 0 Å². The molecule has 2 unspecified atom stereocenters. The highest BCUT2D eigenvalue weighted by molar-refractivity contribution is 5.38. The molecule has 1 aromatic rings. The molecule has 0 fully saturated rings. The van der Waals surface area contributed by atoms with E-state index < -0.39 is 0 Å². The second kappa shape index (κ2) is 3.58. The van der Waals surface area contributed by atoms with Crippen molar-refractivity contribution >= 4 is 0 Å². The van der Waals surface area contributed by atoms with E-state index in [1.54, 1.807) is 0 Å². The van der Waals surface area contributed by atoms with Gasteiger partial charge in [0.1, 0.15) is 0 Å². The molecule has 0 heterocycles. The van der Waals surface area contributed by atoms with Gasteiger partial charge in [0, 0.05) is 17.0 Å². The average Bonchev–Trinajstić information content (AvgIpc) is 2.27. The molecule has 1 aromatic carbocycles. The van der Waals surface area contributed by atoms with E-state index in [1.807, 2.05) is 12.1 Å². The van der Waals surface area contributed by atoms with Crippen LogP contribution in [0.1, 0.15) is 19.4 Å². The summed E-state index contributed by atoms with van der Waals surface area (Å²) in [4.78, 5) is 0. The predicted molar refractivity (Wildman–Crippen MR) is 64.4 cm³/mol. The summed E-state index contributed by atoms with van der Waals surface area (Å²) in [5.74, 6) is 0.352. The lowest BCUT2D eigenvalue weighted by Gasteiger charge is -2.36. The van der Waals surface area contributed by atoms with Crippen LogP contribution >= 0.6 is 0 Å². The molecule has 0 spiro atoms. The summed E-state index contributed by atoms with van der Waals surface area (Å²) in [6.45, 7) is 4.42. The molecule has 15 heavy (non-hydrogen) atoms. The standard InChI is InChI=1S/C14H17N/c1-11-13(15)9-6-10-14(11,2)12-7-4-3-5-8-12/h3-11H,15H2,1-2H3. The van der Waals surface area contributed by atoms with E-state index in [-0.39, 0.29) is 5.41 Å². The van der Waals surface area contributed by atoms with Crippen LogP contribution < -0.4 is 5.73 Å². The number of rotatable bonds is 1. The molecule has 1 nitrogen and oxygen atoms in total. The van der Waals surface area contributed by atoms with Crippen molar-refractivity contribution in [1.29, 1.82) is 0 Å². The molecule has 1 heteroatoms. The Morgan fingerprint density at radius 2 is 1.87 bits per heavy atom. The van der Waals surface area contributed by atoms with Crippen LogP contribution in [0.25, 0.3) is 0 Å². The Kier molecular flexibility index (Phi) is 2.39. The number of benzene rings is 1. The van der Waals surface area contributed by atoms with Crippen LogP contribution in [0.5, 0.6) is 0 Å². The second-order valence-electron chi connectivity index (χ2n) is 4.40. The normalized spacial score (nSPS) is 30.0. The molecule has 0 saturated carbocycles. The zero-order chi connectivity index (χ0) is 10.9. The van der Waals surface area contributed by atoms with Gasteiger partial charge >= 0.3 is 0 Å². The second-order valence-corrected chi connectivity index (χ2v) is 4.40. The Bertz CT molecular complexity index is 403. The van der Waals surface area contributed by atoms with Gasteiger partial charge in [-0.2, -0.15) is 0 Å². The first-order valence-corrected chi connectivity index (χ1v) is 5.35. The number of hydrogen-bond donors (Lipinski definition) is 1. The molecule has 2 rings (SSSR count). The van der Waals surface area contributed by atoms with Gasteiger partial charge in [0.15, 0.2) is 0 Å². The maximum Gasteiger partial charge on any atom is 0.0187 e. The van der Waals surface area contributed by atoms with Crippen LogP contribution in [0.4, 0.5) is 0 Å². The molecular weight excluding hydrogens is 182 g/mol. The molecule has 0 aromatic heterocycles. The minimum Gasteiger partial charge on any atom is -0.402 e. The SMILES string of the molecule is CC1C(N)=CC=CC1(C)c1ccccc1. The lowest BCUT2D eigenvalue weighted by Crippen LogP contribution is -2.33. The van der Waals surface area contributed by atoms with Crippen molar-refractivity contribution in [3.63, 3.8) is 0 Å². The Hall–Kier alpha value is -1.50. The van der Waals surface area contributed by atoms with Gasteiger partial charge in [0.05, 0.1) is 0 Å². The van der Waals surface area contributed by atoms with Gasteiger partial charge in [0.2, 0.25) is 0 Å². The molecule has 1 aliphatic carbocycles. The molecule has 1 aliphatic rings. The summed E-state index contributed by atoms with van der Waals surface area (Å²) in [5.41, 5.74) is 8.31. The van der Waals surface area contributed by atoms with Crippen molar-refractivity contribution in [1.82, 2.24) is 0 Å². The summed E-state index contributed by atoms with van der Waals surface area (Å²) >= 11 is 0. The molecule has 0 bridgehead atoms. The van der Waals surface area contributed by atoms with E-state index in [1.165, 1.54) is 5.56 Å². The maximum absolute atomic E-state index is 6.00. The van der Waals surface area contributed by atoms with Crippen molar-refractivity contribution in [2.45, 2.75) is 19.3 Å². The lowest BCUT2D eigenvalue weighted by molar-refractivity contribution is 0.432. The molecule has 2 N–H and O–H groups in total. The highest BCUT2D eigenvalue weighted by atomic mass is 14.6. The third-order valence-electron chi connectivity index (χ3n) is 3.53. The highest BCUT2D eigenvalue weighted by Crippen LogP contribution is 2.38. The lowest BCUT2D eigenvalue weighted by atomic mass is 9.69. The Morgan fingerprint density at radius 3 is 2.53 bits per heavy atom. The summed E-state index contributed by atoms with van der Waals surface area (Å²) < 4.78 is 0. The third-order valence-corrected chi connectivity index (χ3v) is 3.53. The highest BCUT2D eigenvalue weighted by Gasteiger charge is 2.33. The van der Waals surface area contributed by atoms with Crippen molar-refractivity contribution in [2.75, 3.05) is 0 Å². The van der Waals surface area contributed by atoms with Crippen LogP contribution in [-0.2, 0) is 5.41 Å². The van der Waals surface area contributed by atoms with Gasteiger partial charge in [0.25, 0.3) is 0 Å². The van der Waals surface area contributed by atoms with Crippen LogP contribution in [-0.4, -0.2) is 0 Å². The van der Waals surface area contributed by atoms with Gasteiger partial charge in [-0.25, -0.2) is 0 Å². The largest absolute Gasteiger partial charge is 0.402 e. The number of hydrogen-bond acceptors (Lipinski definition) is 1. The molecule has 2 atom stereocenters. The fourth-order valence-electron chi connectivity index (χ4n) is 2.14. The molecule has 0 amide bonds. The minimum atomic E-state index is 0.0279. The van der Waals surface area contributed by atoms with E-state index in [0.29, 0.717) is 5.92 Å². The first kappa shape index (κ1) is 10.0. The number of nitrogens with two attached hydrogens (primary N) is 1.